The lowest BCUT2D eigenvalue weighted by atomic mass is 9.99. The summed E-state index contributed by atoms with van der Waals surface area (Å²) in [6.45, 7) is 5.38. The Bertz CT molecular complexity index is 660. The van der Waals surface area contributed by atoms with Gasteiger partial charge in [0.15, 0.2) is 0 Å². The van der Waals surface area contributed by atoms with Crippen molar-refractivity contribution in [3.63, 3.8) is 0 Å². The Morgan fingerprint density at radius 2 is 2.18 bits per heavy atom. The van der Waals surface area contributed by atoms with Crippen molar-refractivity contribution in [3.8, 4) is 11.3 Å². The van der Waals surface area contributed by atoms with Crippen LogP contribution in [0.5, 0.6) is 0 Å². The fourth-order valence-corrected chi connectivity index (χ4v) is 4.18. The number of benzene rings is 1. The second-order valence-electron chi connectivity index (χ2n) is 5.70. The number of hydrogen-bond acceptors (Lipinski definition) is 4. The molecule has 1 atom stereocenters. The second kappa shape index (κ2) is 6.18. The largest absolute Gasteiger partial charge is 0.343 e. The normalized spacial score (nSPS) is 21.0. The molecule has 1 aromatic carbocycles. The van der Waals surface area contributed by atoms with E-state index < -0.39 is 0 Å². The first kappa shape index (κ1) is 15.2. The van der Waals surface area contributed by atoms with E-state index in [1.54, 1.807) is 18.3 Å². The van der Waals surface area contributed by atoms with Crippen molar-refractivity contribution in [2.75, 3.05) is 13.1 Å². The minimum Gasteiger partial charge on any atom is -0.343 e. The Morgan fingerprint density at radius 1 is 1.41 bits per heavy atom. The summed E-state index contributed by atoms with van der Waals surface area (Å²) in [7, 11) is 0. The summed E-state index contributed by atoms with van der Waals surface area (Å²) in [5.74, 6) is -0.00166. The molecule has 1 fully saturated rings. The van der Waals surface area contributed by atoms with Gasteiger partial charge < -0.3 is 10.6 Å². The smallest absolute Gasteiger partial charge is 0.217 e. The highest BCUT2D eigenvalue weighted by Crippen LogP contribution is 2.36. The molecule has 5 heteroatoms. The molecule has 1 saturated heterocycles. The summed E-state index contributed by atoms with van der Waals surface area (Å²) < 4.78 is 0. The van der Waals surface area contributed by atoms with Crippen molar-refractivity contribution in [3.05, 3.63) is 40.2 Å². The fourth-order valence-electron chi connectivity index (χ4n) is 2.99. The van der Waals surface area contributed by atoms with Crippen LogP contribution in [0.1, 0.15) is 30.2 Å². The third-order valence-corrected chi connectivity index (χ3v) is 5.45. The number of nitrogens with one attached hydrogen (secondary N) is 2. The monoisotopic (exact) mass is 315 g/mol. The van der Waals surface area contributed by atoms with Crippen LogP contribution < -0.4 is 10.6 Å². The third-order valence-electron chi connectivity index (χ3n) is 4.05. The highest BCUT2D eigenvalue weighted by Gasteiger charge is 2.39. The molecule has 2 N–H and O–H groups in total. The Hall–Kier alpha value is -1.72. The molecule has 1 aliphatic rings. The summed E-state index contributed by atoms with van der Waals surface area (Å²) in [4.78, 5) is 17.8. The van der Waals surface area contributed by atoms with Gasteiger partial charge in [-0.1, -0.05) is 37.3 Å². The van der Waals surface area contributed by atoms with Crippen LogP contribution in [0.25, 0.3) is 11.3 Å². The maximum Gasteiger partial charge on any atom is 0.217 e. The SMILES string of the molecule is CCc1sc(C2(NC(C)=O)CCNC2)nc1-c1ccccc1. The molecule has 2 aromatic rings. The lowest BCUT2D eigenvalue weighted by Crippen LogP contribution is -2.46. The number of amides is 1. The zero-order valence-electron chi connectivity index (χ0n) is 13.0. The zero-order valence-corrected chi connectivity index (χ0v) is 13.8. The van der Waals surface area contributed by atoms with E-state index in [0.717, 1.165) is 42.2 Å². The number of hydrogen-bond donors (Lipinski definition) is 2. The van der Waals surface area contributed by atoms with E-state index in [2.05, 4.69) is 29.7 Å². The zero-order chi connectivity index (χ0) is 15.6. The Labute approximate surface area is 135 Å². The number of aromatic nitrogens is 1. The first-order chi connectivity index (χ1) is 10.6. The van der Waals surface area contributed by atoms with Crippen LogP contribution in [0.3, 0.4) is 0 Å². The molecular formula is C17H21N3OS. The summed E-state index contributed by atoms with van der Waals surface area (Å²) >= 11 is 1.73. The first-order valence-electron chi connectivity index (χ1n) is 7.70. The molecule has 1 amide bonds. The van der Waals surface area contributed by atoms with Crippen molar-refractivity contribution in [1.29, 1.82) is 0 Å². The summed E-state index contributed by atoms with van der Waals surface area (Å²) in [6, 6.07) is 10.3. The van der Waals surface area contributed by atoms with Gasteiger partial charge in [-0.25, -0.2) is 4.98 Å². The quantitative estimate of drug-likeness (QED) is 0.912. The van der Waals surface area contributed by atoms with E-state index in [1.807, 2.05) is 18.2 Å². The number of thiazole rings is 1. The molecule has 0 saturated carbocycles. The van der Waals surface area contributed by atoms with E-state index in [1.165, 1.54) is 4.88 Å². The standard InChI is InChI=1S/C17H21N3OS/c1-3-14-15(13-7-5-4-6-8-13)19-16(22-14)17(20-12(2)21)9-10-18-11-17/h4-8,18H,3,9-11H2,1-2H3,(H,20,21). The molecule has 0 aliphatic carbocycles. The molecule has 22 heavy (non-hydrogen) atoms. The van der Waals surface area contributed by atoms with Gasteiger partial charge in [0.25, 0.3) is 0 Å². The van der Waals surface area contributed by atoms with Crippen molar-refractivity contribution in [2.45, 2.75) is 32.2 Å². The lowest BCUT2D eigenvalue weighted by Gasteiger charge is -2.26. The molecule has 1 unspecified atom stereocenters. The van der Waals surface area contributed by atoms with Crippen molar-refractivity contribution < 1.29 is 4.79 Å². The number of carbonyl (C=O) groups excluding carboxylic acids is 1. The predicted octanol–water partition coefficient (Wildman–Crippen LogP) is 2.70. The van der Waals surface area contributed by atoms with Crippen molar-refractivity contribution in [1.82, 2.24) is 15.6 Å². The Morgan fingerprint density at radius 3 is 2.77 bits per heavy atom. The summed E-state index contributed by atoms with van der Waals surface area (Å²) in [5, 5.41) is 7.51. The number of carbonyl (C=O) groups is 1. The van der Waals surface area contributed by atoms with Gasteiger partial charge in [-0.2, -0.15) is 0 Å². The van der Waals surface area contributed by atoms with Crippen LogP contribution in [0.15, 0.2) is 30.3 Å². The van der Waals surface area contributed by atoms with Gasteiger partial charge in [-0.3, -0.25) is 4.79 Å². The molecule has 0 radical (unpaired) electrons. The molecule has 1 aromatic heterocycles. The van der Waals surface area contributed by atoms with Crippen LogP contribution in [0, 0.1) is 0 Å². The van der Waals surface area contributed by atoms with E-state index in [4.69, 9.17) is 4.98 Å². The van der Waals surface area contributed by atoms with E-state index >= 15 is 0 Å². The first-order valence-corrected chi connectivity index (χ1v) is 8.51. The van der Waals surface area contributed by atoms with Gasteiger partial charge in [0.05, 0.1) is 5.69 Å². The highest BCUT2D eigenvalue weighted by molar-refractivity contribution is 7.12. The maximum absolute atomic E-state index is 11.6. The molecule has 0 spiro atoms. The van der Waals surface area contributed by atoms with Gasteiger partial charge in [0.2, 0.25) is 5.91 Å². The van der Waals surface area contributed by atoms with Crippen molar-refractivity contribution in [2.24, 2.45) is 0 Å². The molecule has 3 rings (SSSR count). The van der Waals surface area contributed by atoms with Crippen LogP contribution in [0.2, 0.25) is 0 Å². The van der Waals surface area contributed by atoms with Gasteiger partial charge in [0.1, 0.15) is 10.5 Å². The molecule has 0 bridgehead atoms. The maximum atomic E-state index is 11.6. The van der Waals surface area contributed by atoms with Crippen molar-refractivity contribution >= 4 is 17.2 Å². The Kier molecular flexibility index (Phi) is 4.27. The van der Waals surface area contributed by atoms with Crippen LogP contribution in [-0.2, 0) is 16.8 Å². The summed E-state index contributed by atoms with van der Waals surface area (Å²) in [6.07, 6.45) is 1.84. The van der Waals surface area contributed by atoms with Crippen LogP contribution in [-0.4, -0.2) is 24.0 Å². The fraction of sp³-hybridized carbons (Fsp3) is 0.412. The minimum absolute atomic E-state index is 0.00166. The topological polar surface area (TPSA) is 54.0 Å². The minimum atomic E-state index is -0.354. The molecule has 1 aliphatic heterocycles. The number of rotatable bonds is 4. The van der Waals surface area contributed by atoms with E-state index in [9.17, 15) is 4.79 Å². The average molecular weight is 315 g/mol. The molecule has 2 heterocycles. The number of aryl methyl sites for hydroxylation is 1. The number of nitrogens with zero attached hydrogens (tertiary/aromatic N) is 1. The second-order valence-corrected chi connectivity index (χ2v) is 6.78. The third kappa shape index (κ3) is 2.78. The van der Waals surface area contributed by atoms with Gasteiger partial charge in [-0.15, -0.1) is 11.3 Å². The van der Waals surface area contributed by atoms with Crippen LogP contribution >= 0.6 is 11.3 Å². The van der Waals surface area contributed by atoms with E-state index in [0.29, 0.717) is 0 Å². The van der Waals surface area contributed by atoms with E-state index in [-0.39, 0.29) is 11.4 Å². The molecular weight excluding hydrogens is 294 g/mol. The summed E-state index contributed by atoms with van der Waals surface area (Å²) in [5.41, 5.74) is 1.85. The van der Waals surface area contributed by atoms with Gasteiger partial charge in [0, 0.05) is 23.9 Å². The Balaban J connectivity index is 2.04. The van der Waals surface area contributed by atoms with Crippen LogP contribution in [0.4, 0.5) is 0 Å². The highest BCUT2D eigenvalue weighted by atomic mass is 32.1. The predicted molar refractivity (Wildman–Crippen MR) is 89.9 cm³/mol. The van der Waals surface area contributed by atoms with Gasteiger partial charge >= 0.3 is 0 Å². The molecule has 4 nitrogen and oxygen atoms in total. The average Bonchev–Trinajstić information content (AvgIpc) is 3.14. The van der Waals surface area contributed by atoms with Gasteiger partial charge in [-0.05, 0) is 19.4 Å². The lowest BCUT2D eigenvalue weighted by molar-refractivity contribution is -0.120. The molecule has 116 valence electrons.